The van der Waals surface area contributed by atoms with Crippen molar-refractivity contribution in [2.75, 3.05) is 6.54 Å². The fourth-order valence-electron chi connectivity index (χ4n) is 3.79. The van der Waals surface area contributed by atoms with Crippen molar-refractivity contribution in [2.45, 2.75) is 57.8 Å². The van der Waals surface area contributed by atoms with E-state index < -0.39 is 18.3 Å². The third kappa shape index (κ3) is 2.21. The summed E-state index contributed by atoms with van der Waals surface area (Å²) in [6.45, 7) is 8.75. The summed E-state index contributed by atoms with van der Waals surface area (Å²) in [5.41, 5.74) is 3.04. The Morgan fingerprint density at radius 1 is 1.22 bits per heavy atom. The van der Waals surface area contributed by atoms with Crippen molar-refractivity contribution in [1.29, 1.82) is 0 Å². The molecule has 0 amide bonds. The van der Waals surface area contributed by atoms with Crippen LogP contribution < -0.4 is 5.32 Å². The molecule has 3 nitrogen and oxygen atoms in total. The number of nitrogens with one attached hydrogen (secondary N) is 1. The van der Waals surface area contributed by atoms with Gasteiger partial charge in [0.15, 0.2) is 0 Å². The Labute approximate surface area is 137 Å². The molecule has 1 unspecified atom stereocenters. The van der Waals surface area contributed by atoms with Crippen molar-refractivity contribution in [3.63, 3.8) is 0 Å². The van der Waals surface area contributed by atoms with E-state index in [1.165, 1.54) is 11.1 Å². The first-order valence-electron chi connectivity index (χ1n) is 8.40. The van der Waals surface area contributed by atoms with E-state index in [4.69, 9.17) is 9.31 Å². The molecule has 2 heterocycles. The molecule has 0 saturated carbocycles. The van der Waals surface area contributed by atoms with Crippen molar-refractivity contribution in [3.05, 3.63) is 40.6 Å². The predicted octanol–water partition coefficient (Wildman–Crippen LogP) is 3.59. The number of rotatable bonds is 1. The first kappa shape index (κ1) is 15.4. The number of hydrogen-bond acceptors (Lipinski definition) is 3. The second kappa shape index (κ2) is 4.92. The van der Waals surface area contributed by atoms with Gasteiger partial charge in [0.05, 0.1) is 11.2 Å². The highest BCUT2D eigenvalue weighted by molar-refractivity contribution is 6.55. The van der Waals surface area contributed by atoms with Gasteiger partial charge >= 0.3 is 7.12 Å². The largest absolute Gasteiger partial charge is 0.525 e. The molecule has 5 heteroatoms. The van der Waals surface area contributed by atoms with Crippen LogP contribution in [-0.2, 0) is 15.7 Å². The van der Waals surface area contributed by atoms with E-state index in [9.17, 15) is 0 Å². The van der Waals surface area contributed by atoms with Gasteiger partial charge < -0.3 is 14.6 Å². The molecule has 1 saturated heterocycles. The third-order valence-electron chi connectivity index (χ3n) is 5.81. The van der Waals surface area contributed by atoms with E-state index in [0.29, 0.717) is 6.42 Å². The van der Waals surface area contributed by atoms with Gasteiger partial charge in [-0.3, -0.25) is 0 Å². The summed E-state index contributed by atoms with van der Waals surface area (Å²) >= 11 is 0. The zero-order valence-corrected chi connectivity index (χ0v) is 14.2. The third-order valence-corrected chi connectivity index (χ3v) is 5.81. The minimum absolute atomic E-state index is 0.220. The molecule has 2 aliphatic heterocycles. The van der Waals surface area contributed by atoms with Gasteiger partial charge in [0.1, 0.15) is 5.73 Å². The molecule has 1 aliphatic carbocycles. The summed E-state index contributed by atoms with van der Waals surface area (Å²) < 4.78 is 27.0. The van der Waals surface area contributed by atoms with Crippen LogP contribution in [0, 0.1) is 0 Å². The van der Waals surface area contributed by atoms with Crippen LogP contribution in [0.1, 0.15) is 56.8 Å². The standard InChI is InChI=1S/C18H23BFNO2/c1-17(2)18(3,4)23-19(22-17)16(20)13-10-14-15-11(8-9-21-14)6-5-7-12(13)15/h5-7,14,21H,8-10H2,1-4H3. The normalized spacial score (nSPS) is 29.6. The van der Waals surface area contributed by atoms with E-state index in [1.54, 1.807) is 0 Å². The van der Waals surface area contributed by atoms with Gasteiger partial charge in [-0.25, -0.2) is 4.39 Å². The zero-order valence-electron chi connectivity index (χ0n) is 14.2. The molecule has 0 bridgehead atoms. The molecule has 3 aliphatic rings. The maximum Gasteiger partial charge on any atom is 0.525 e. The van der Waals surface area contributed by atoms with Gasteiger partial charge in [0, 0.05) is 6.04 Å². The summed E-state index contributed by atoms with van der Waals surface area (Å²) in [4.78, 5) is 0. The first-order valence-corrected chi connectivity index (χ1v) is 8.40. The van der Waals surface area contributed by atoms with Crippen LogP contribution in [0.25, 0.3) is 5.57 Å². The van der Waals surface area contributed by atoms with Crippen LogP contribution in [0.4, 0.5) is 4.39 Å². The van der Waals surface area contributed by atoms with Crippen molar-refractivity contribution in [2.24, 2.45) is 0 Å². The highest BCUT2D eigenvalue weighted by atomic mass is 19.1. The molecule has 0 spiro atoms. The summed E-state index contributed by atoms with van der Waals surface area (Å²) in [6.07, 6.45) is 1.67. The molecule has 23 heavy (non-hydrogen) atoms. The quantitative estimate of drug-likeness (QED) is 0.804. The van der Waals surface area contributed by atoms with E-state index in [0.717, 1.165) is 24.1 Å². The molecule has 1 aromatic rings. The molecule has 0 aromatic heterocycles. The second-order valence-corrected chi connectivity index (χ2v) is 7.75. The Balaban J connectivity index is 1.75. The Bertz CT molecular complexity index is 682. The maximum atomic E-state index is 15.2. The lowest BCUT2D eigenvalue weighted by atomic mass is 9.83. The lowest BCUT2D eigenvalue weighted by Gasteiger charge is -2.32. The van der Waals surface area contributed by atoms with Gasteiger partial charge in [0.2, 0.25) is 0 Å². The Morgan fingerprint density at radius 2 is 1.91 bits per heavy atom. The molecule has 1 aromatic carbocycles. The van der Waals surface area contributed by atoms with Crippen LogP contribution in [0.15, 0.2) is 23.9 Å². The van der Waals surface area contributed by atoms with E-state index >= 15 is 4.39 Å². The summed E-state index contributed by atoms with van der Waals surface area (Å²) in [5, 5.41) is 3.50. The maximum absolute atomic E-state index is 15.2. The van der Waals surface area contributed by atoms with Crippen LogP contribution in [0.5, 0.6) is 0 Å². The average Bonchev–Trinajstić information content (AvgIpc) is 2.96. The fraction of sp³-hybridized carbons (Fsp3) is 0.556. The van der Waals surface area contributed by atoms with Crippen LogP contribution in [0.3, 0.4) is 0 Å². The lowest BCUT2D eigenvalue weighted by molar-refractivity contribution is 0.00578. The Morgan fingerprint density at radius 3 is 2.61 bits per heavy atom. The highest BCUT2D eigenvalue weighted by Crippen LogP contribution is 2.47. The molecule has 122 valence electrons. The number of benzene rings is 1. The molecule has 0 radical (unpaired) electrons. The Hall–Kier alpha value is -1.17. The van der Waals surface area contributed by atoms with Gasteiger partial charge in [-0.2, -0.15) is 0 Å². The Kier molecular flexibility index (Phi) is 3.28. The zero-order chi connectivity index (χ0) is 16.4. The smallest absolute Gasteiger partial charge is 0.398 e. The van der Waals surface area contributed by atoms with Gasteiger partial charge in [-0.05, 0) is 69.3 Å². The van der Waals surface area contributed by atoms with Crippen LogP contribution in [-0.4, -0.2) is 24.9 Å². The van der Waals surface area contributed by atoms with E-state index in [1.807, 2.05) is 39.8 Å². The molecular weight excluding hydrogens is 292 g/mol. The first-order chi connectivity index (χ1) is 10.8. The van der Waals surface area contributed by atoms with Crippen molar-refractivity contribution in [1.82, 2.24) is 5.32 Å². The van der Waals surface area contributed by atoms with E-state index in [-0.39, 0.29) is 11.8 Å². The monoisotopic (exact) mass is 315 g/mol. The summed E-state index contributed by atoms with van der Waals surface area (Å²) in [7, 11) is -0.911. The molecule has 4 rings (SSSR count). The van der Waals surface area contributed by atoms with Crippen molar-refractivity contribution < 1.29 is 13.7 Å². The fourth-order valence-corrected chi connectivity index (χ4v) is 3.79. The van der Waals surface area contributed by atoms with Crippen LogP contribution >= 0.6 is 0 Å². The number of hydrogen-bond donors (Lipinski definition) is 1. The minimum Gasteiger partial charge on any atom is -0.398 e. The summed E-state index contributed by atoms with van der Waals surface area (Å²) in [5.74, 6) is 0. The lowest BCUT2D eigenvalue weighted by Crippen LogP contribution is -2.41. The molecule has 1 atom stereocenters. The van der Waals surface area contributed by atoms with Crippen LogP contribution in [0.2, 0.25) is 0 Å². The van der Waals surface area contributed by atoms with Gasteiger partial charge in [-0.15, -0.1) is 0 Å². The molecule has 1 N–H and O–H groups in total. The second-order valence-electron chi connectivity index (χ2n) is 7.75. The highest BCUT2D eigenvalue weighted by Gasteiger charge is 2.54. The van der Waals surface area contributed by atoms with Gasteiger partial charge in [-0.1, -0.05) is 18.2 Å². The number of halogens is 1. The predicted molar refractivity (Wildman–Crippen MR) is 89.6 cm³/mol. The summed E-state index contributed by atoms with van der Waals surface area (Å²) in [6, 6.07) is 6.42. The molecular formula is C18H23BFNO2. The molecule has 1 fully saturated rings. The average molecular weight is 315 g/mol. The van der Waals surface area contributed by atoms with Gasteiger partial charge in [0.25, 0.3) is 0 Å². The van der Waals surface area contributed by atoms with Crippen molar-refractivity contribution in [3.8, 4) is 0 Å². The minimum atomic E-state index is -0.911. The SMILES string of the molecule is CC1(C)OB(C(F)=C2CC3NCCc4cccc2c43)OC1(C)C. The van der Waals surface area contributed by atoms with E-state index in [2.05, 4.69) is 11.4 Å². The van der Waals surface area contributed by atoms with Crippen molar-refractivity contribution >= 4 is 12.7 Å². The topological polar surface area (TPSA) is 30.5 Å².